The lowest BCUT2D eigenvalue weighted by atomic mass is 10.0. The van der Waals surface area contributed by atoms with Crippen molar-refractivity contribution in [3.05, 3.63) is 20.8 Å². The van der Waals surface area contributed by atoms with E-state index < -0.39 is 6.10 Å². The van der Waals surface area contributed by atoms with E-state index in [0.717, 1.165) is 4.47 Å². The van der Waals surface area contributed by atoms with E-state index in [9.17, 15) is 9.90 Å². The van der Waals surface area contributed by atoms with Gasteiger partial charge in [-0.1, -0.05) is 13.8 Å². The minimum Gasteiger partial charge on any atom is -0.385 e. The van der Waals surface area contributed by atoms with Crippen molar-refractivity contribution in [3.8, 4) is 0 Å². The van der Waals surface area contributed by atoms with E-state index in [2.05, 4.69) is 15.9 Å². The molecule has 1 rings (SSSR count). The average molecular weight is 263 g/mol. The maximum absolute atomic E-state index is 11.6. The van der Waals surface area contributed by atoms with E-state index >= 15 is 0 Å². The van der Waals surface area contributed by atoms with Crippen LogP contribution in [0.25, 0.3) is 0 Å². The highest BCUT2D eigenvalue weighted by Gasteiger charge is 2.23. The summed E-state index contributed by atoms with van der Waals surface area (Å²) in [4.78, 5) is 12.2. The third kappa shape index (κ3) is 2.39. The van der Waals surface area contributed by atoms with Gasteiger partial charge in [0.15, 0.2) is 0 Å². The van der Waals surface area contributed by atoms with Gasteiger partial charge < -0.3 is 5.11 Å². The molecule has 72 valence electrons. The summed E-state index contributed by atoms with van der Waals surface area (Å²) < 4.78 is 0.766. The number of ketones is 1. The predicted octanol–water partition coefficient (Wildman–Crippen LogP) is 2.71. The van der Waals surface area contributed by atoms with E-state index in [0.29, 0.717) is 4.88 Å². The molecule has 0 saturated carbocycles. The van der Waals surface area contributed by atoms with Gasteiger partial charge in [-0.3, -0.25) is 4.79 Å². The van der Waals surface area contributed by atoms with Crippen LogP contribution in [0.1, 0.15) is 23.5 Å². The maximum Gasteiger partial charge on any atom is 0.202 e. The molecule has 0 aliphatic rings. The molecular weight excluding hydrogens is 252 g/mol. The molecule has 13 heavy (non-hydrogen) atoms. The first kappa shape index (κ1) is 10.9. The Morgan fingerprint density at radius 2 is 2.23 bits per heavy atom. The summed E-state index contributed by atoms with van der Waals surface area (Å²) in [6, 6.07) is 1.81. The topological polar surface area (TPSA) is 37.3 Å². The van der Waals surface area contributed by atoms with Crippen LogP contribution < -0.4 is 0 Å². The molecule has 0 saturated heterocycles. The monoisotopic (exact) mass is 262 g/mol. The molecule has 0 amide bonds. The zero-order valence-corrected chi connectivity index (χ0v) is 9.85. The Bertz CT molecular complexity index is 306. The zero-order valence-electron chi connectivity index (χ0n) is 7.45. The number of aliphatic hydroxyl groups excluding tert-OH is 1. The lowest BCUT2D eigenvalue weighted by molar-refractivity contribution is 0.0651. The number of thiophene rings is 1. The summed E-state index contributed by atoms with van der Waals surface area (Å²) in [6.45, 7) is 3.65. The highest BCUT2D eigenvalue weighted by Crippen LogP contribution is 2.25. The highest BCUT2D eigenvalue weighted by atomic mass is 79.9. The summed E-state index contributed by atoms with van der Waals surface area (Å²) in [6.07, 6.45) is -0.894. The molecule has 1 aromatic heterocycles. The number of hydrogen-bond acceptors (Lipinski definition) is 3. The lowest BCUT2D eigenvalue weighted by Crippen LogP contribution is -2.25. The summed E-state index contributed by atoms with van der Waals surface area (Å²) >= 11 is 4.61. The Morgan fingerprint density at radius 1 is 1.62 bits per heavy atom. The molecule has 0 radical (unpaired) electrons. The molecule has 1 unspecified atom stereocenters. The smallest absolute Gasteiger partial charge is 0.202 e. The second-order valence-corrected chi connectivity index (χ2v) is 4.92. The van der Waals surface area contributed by atoms with Crippen LogP contribution in [-0.2, 0) is 0 Å². The largest absolute Gasteiger partial charge is 0.385 e. The van der Waals surface area contributed by atoms with Gasteiger partial charge in [-0.15, -0.1) is 11.3 Å². The predicted molar refractivity (Wildman–Crippen MR) is 57.2 cm³/mol. The van der Waals surface area contributed by atoms with Crippen molar-refractivity contribution in [3.63, 3.8) is 0 Å². The minimum absolute atomic E-state index is 0.0403. The van der Waals surface area contributed by atoms with E-state index in [1.165, 1.54) is 11.3 Å². The second kappa shape index (κ2) is 4.35. The zero-order chi connectivity index (χ0) is 10.0. The number of Topliss-reactive ketones (excluding diaryl/α,β-unsaturated/α-hetero) is 1. The standard InChI is InChI=1S/C9H11BrO2S/c1-5(2)7(11)8(12)9-6(10)3-4-13-9/h3-5,7,11H,1-2H3. The van der Waals surface area contributed by atoms with Gasteiger partial charge >= 0.3 is 0 Å². The van der Waals surface area contributed by atoms with Gasteiger partial charge in [0.1, 0.15) is 6.10 Å². The quantitative estimate of drug-likeness (QED) is 0.851. The fraction of sp³-hybridized carbons (Fsp3) is 0.444. The van der Waals surface area contributed by atoms with Crippen molar-refractivity contribution < 1.29 is 9.90 Å². The van der Waals surface area contributed by atoms with E-state index in [1.807, 2.05) is 25.3 Å². The van der Waals surface area contributed by atoms with Crippen molar-refractivity contribution in [1.82, 2.24) is 0 Å². The molecule has 4 heteroatoms. The first-order valence-corrected chi connectivity index (χ1v) is 5.66. The SMILES string of the molecule is CC(C)C(O)C(=O)c1sccc1Br. The van der Waals surface area contributed by atoms with Crippen LogP contribution in [0.4, 0.5) is 0 Å². The van der Waals surface area contributed by atoms with Gasteiger partial charge in [-0.25, -0.2) is 0 Å². The minimum atomic E-state index is -0.894. The summed E-state index contributed by atoms with van der Waals surface area (Å²) in [5.74, 6) is -0.238. The van der Waals surface area contributed by atoms with Gasteiger partial charge in [0.05, 0.1) is 4.88 Å². The van der Waals surface area contributed by atoms with Crippen LogP contribution in [0, 0.1) is 5.92 Å². The van der Waals surface area contributed by atoms with Crippen molar-refractivity contribution in [2.45, 2.75) is 20.0 Å². The van der Waals surface area contributed by atoms with E-state index in [-0.39, 0.29) is 11.7 Å². The normalized spacial score (nSPS) is 13.3. The van der Waals surface area contributed by atoms with Crippen LogP contribution in [-0.4, -0.2) is 17.0 Å². The van der Waals surface area contributed by atoms with Crippen molar-refractivity contribution in [2.75, 3.05) is 0 Å². The van der Waals surface area contributed by atoms with Crippen LogP contribution >= 0.6 is 27.3 Å². The van der Waals surface area contributed by atoms with Gasteiger partial charge in [0, 0.05) is 4.47 Å². The average Bonchev–Trinajstić information content (AvgIpc) is 2.48. The molecule has 0 spiro atoms. The number of aliphatic hydroxyl groups is 1. The Labute approximate surface area is 89.7 Å². The fourth-order valence-electron chi connectivity index (χ4n) is 0.907. The van der Waals surface area contributed by atoms with Crippen molar-refractivity contribution >= 4 is 33.0 Å². The summed E-state index contributed by atoms with van der Waals surface area (Å²) in [5.41, 5.74) is 0. The molecule has 1 heterocycles. The number of carbonyl (C=O) groups excluding carboxylic acids is 1. The number of rotatable bonds is 3. The van der Waals surface area contributed by atoms with Crippen molar-refractivity contribution in [2.24, 2.45) is 5.92 Å². The first-order chi connectivity index (χ1) is 6.04. The van der Waals surface area contributed by atoms with Gasteiger partial charge in [-0.2, -0.15) is 0 Å². The molecular formula is C9H11BrO2S. The third-order valence-electron chi connectivity index (χ3n) is 1.74. The molecule has 0 aromatic carbocycles. The molecule has 0 aliphatic heterocycles. The number of halogens is 1. The Hall–Kier alpha value is -0.190. The molecule has 0 aliphatic carbocycles. The van der Waals surface area contributed by atoms with Crippen molar-refractivity contribution in [1.29, 1.82) is 0 Å². The molecule has 1 aromatic rings. The first-order valence-electron chi connectivity index (χ1n) is 3.99. The van der Waals surface area contributed by atoms with E-state index in [4.69, 9.17) is 0 Å². The van der Waals surface area contributed by atoms with Gasteiger partial charge in [-0.05, 0) is 33.3 Å². The Balaban J connectivity index is 2.86. The molecule has 1 N–H and O–H groups in total. The maximum atomic E-state index is 11.6. The van der Waals surface area contributed by atoms with Crippen LogP contribution in [0.5, 0.6) is 0 Å². The third-order valence-corrected chi connectivity index (χ3v) is 3.59. The van der Waals surface area contributed by atoms with E-state index in [1.54, 1.807) is 0 Å². The Morgan fingerprint density at radius 3 is 2.62 bits per heavy atom. The number of hydrogen-bond donors (Lipinski definition) is 1. The Kier molecular flexibility index (Phi) is 3.64. The molecule has 0 bridgehead atoms. The van der Waals surface area contributed by atoms with Crippen LogP contribution in [0.15, 0.2) is 15.9 Å². The van der Waals surface area contributed by atoms with Crippen LogP contribution in [0.2, 0.25) is 0 Å². The summed E-state index contributed by atoms with van der Waals surface area (Å²) in [5, 5.41) is 11.4. The van der Waals surface area contributed by atoms with Gasteiger partial charge in [0.2, 0.25) is 5.78 Å². The summed E-state index contributed by atoms with van der Waals surface area (Å²) in [7, 11) is 0. The molecule has 1 atom stereocenters. The molecule has 2 nitrogen and oxygen atoms in total. The number of carbonyl (C=O) groups is 1. The second-order valence-electron chi connectivity index (χ2n) is 3.15. The fourth-order valence-corrected chi connectivity index (χ4v) is 2.45. The van der Waals surface area contributed by atoms with Gasteiger partial charge in [0.25, 0.3) is 0 Å². The highest BCUT2D eigenvalue weighted by molar-refractivity contribution is 9.10. The lowest BCUT2D eigenvalue weighted by Gasteiger charge is -2.11. The van der Waals surface area contributed by atoms with Crippen LogP contribution in [0.3, 0.4) is 0 Å². The molecule has 0 fully saturated rings.